The zero-order chi connectivity index (χ0) is 11.0. The van der Waals surface area contributed by atoms with Crippen molar-refractivity contribution in [1.29, 1.82) is 0 Å². The van der Waals surface area contributed by atoms with E-state index in [4.69, 9.17) is 5.73 Å². The molecule has 0 heterocycles. The van der Waals surface area contributed by atoms with E-state index in [1.807, 2.05) is 0 Å². The minimum Gasteiger partial charge on any atom is -0.511 e. The van der Waals surface area contributed by atoms with Crippen molar-refractivity contribution in [2.75, 3.05) is 0 Å². The van der Waals surface area contributed by atoms with Crippen molar-refractivity contribution in [3.63, 3.8) is 0 Å². The molecule has 1 atom stereocenters. The molecule has 1 amide bonds. The van der Waals surface area contributed by atoms with E-state index >= 15 is 0 Å². The molecule has 0 spiro atoms. The van der Waals surface area contributed by atoms with Crippen molar-refractivity contribution in [2.24, 2.45) is 11.7 Å². The molecule has 15 heavy (non-hydrogen) atoms. The first-order valence-corrected chi connectivity index (χ1v) is 4.44. The van der Waals surface area contributed by atoms with Gasteiger partial charge in [0.1, 0.15) is 5.76 Å². The van der Waals surface area contributed by atoms with Gasteiger partial charge in [0.2, 0.25) is 5.91 Å². The summed E-state index contributed by atoms with van der Waals surface area (Å²) in [5, 5.41) is 9.50. The van der Waals surface area contributed by atoms with E-state index in [2.05, 4.69) is 0 Å². The van der Waals surface area contributed by atoms with Crippen LogP contribution in [-0.2, 0) is 4.79 Å². The number of hydrogen-bond acceptors (Lipinski definition) is 3. The topological polar surface area (TPSA) is 80.4 Å². The normalized spacial score (nSPS) is 19.3. The highest BCUT2D eigenvalue weighted by Gasteiger charge is 2.33. The zero-order valence-corrected chi connectivity index (χ0v) is 7.81. The van der Waals surface area contributed by atoms with Crippen molar-refractivity contribution in [2.45, 2.75) is 0 Å². The SMILES string of the molecule is NC(=O)C1C(=O)c2ccccc2C=C1O. The molecule has 1 aliphatic carbocycles. The van der Waals surface area contributed by atoms with Crippen LogP contribution in [0, 0.1) is 5.92 Å². The number of carbonyl (C=O) groups excluding carboxylic acids is 2. The Morgan fingerprint density at radius 3 is 2.67 bits per heavy atom. The fourth-order valence-electron chi connectivity index (χ4n) is 1.65. The Kier molecular flexibility index (Phi) is 2.04. The van der Waals surface area contributed by atoms with Gasteiger partial charge in [0.15, 0.2) is 11.7 Å². The van der Waals surface area contributed by atoms with E-state index in [1.165, 1.54) is 6.08 Å². The lowest BCUT2D eigenvalue weighted by Crippen LogP contribution is -2.34. The fourth-order valence-corrected chi connectivity index (χ4v) is 1.65. The number of amides is 1. The first-order valence-electron chi connectivity index (χ1n) is 4.44. The van der Waals surface area contributed by atoms with Crippen molar-refractivity contribution >= 4 is 17.8 Å². The molecule has 3 N–H and O–H groups in total. The predicted octanol–water partition coefficient (Wildman–Crippen LogP) is 0.883. The zero-order valence-electron chi connectivity index (χ0n) is 7.81. The molecular weight excluding hydrogens is 194 g/mol. The number of hydrogen-bond donors (Lipinski definition) is 2. The number of aliphatic hydroxyl groups is 1. The molecule has 1 aromatic rings. The van der Waals surface area contributed by atoms with Gasteiger partial charge in [-0.1, -0.05) is 24.3 Å². The summed E-state index contributed by atoms with van der Waals surface area (Å²) in [6, 6.07) is 6.75. The second kappa shape index (κ2) is 3.24. The summed E-state index contributed by atoms with van der Waals surface area (Å²) in [5.74, 6) is -2.80. The summed E-state index contributed by atoms with van der Waals surface area (Å²) < 4.78 is 0. The summed E-state index contributed by atoms with van der Waals surface area (Å²) in [5.41, 5.74) is 6.07. The third-order valence-electron chi connectivity index (χ3n) is 2.37. The molecule has 1 unspecified atom stereocenters. The van der Waals surface area contributed by atoms with Crippen molar-refractivity contribution < 1.29 is 14.7 Å². The number of fused-ring (bicyclic) bond motifs is 1. The second-order valence-corrected chi connectivity index (χ2v) is 3.36. The van der Waals surface area contributed by atoms with Gasteiger partial charge in [0.05, 0.1) is 0 Å². The first kappa shape index (κ1) is 9.45. The van der Waals surface area contributed by atoms with Gasteiger partial charge >= 0.3 is 0 Å². The van der Waals surface area contributed by atoms with E-state index in [0.29, 0.717) is 11.1 Å². The van der Waals surface area contributed by atoms with Crippen LogP contribution in [-0.4, -0.2) is 16.8 Å². The molecule has 0 saturated carbocycles. The summed E-state index contributed by atoms with van der Waals surface area (Å²) in [6.45, 7) is 0. The molecule has 0 fully saturated rings. The largest absolute Gasteiger partial charge is 0.511 e. The molecule has 0 aliphatic heterocycles. The molecule has 0 saturated heterocycles. The number of nitrogens with two attached hydrogens (primary N) is 1. The first-order chi connectivity index (χ1) is 7.11. The molecule has 0 bridgehead atoms. The van der Waals surface area contributed by atoms with Crippen LogP contribution in [0.25, 0.3) is 6.08 Å². The Balaban J connectivity index is 2.59. The molecule has 2 rings (SSSR count). The molecule has 1 aliphatic rings. The lowest BCUT2D eigenvalue weighted by atomic mass is 9.86. The van der Waals surface area contributed by atoms with Gasteiger partial charge in [0.25, 0.3) is 0 Å². The second-order valence-electron chi connectivity index (χ2n) is 3.36. The number of primary amides is 1. The number of benzene rings is 1. The molecule has 1 aromatic carbocycles. The van der Waals surface area contributed by atoms with E-state index in [0.717, 1.165) is 0 Å². The third kappa shape index (κ3) is 1.40. The average molecular weight is 203 g/mol. The number of rotatable bonds is 1. The lowest BCUT2D eigenvalue weighted by molar-refractivity contribution is -0.120. The minimum atomic E-state index is -1.24. The number of Topliss-reactive ketones (excluding diaryl/α,β-unsaturated/α-hetero) is 1. The Morgan fingerprint density at radius 1 is 1.33 bits per heavy atom. The number of ketones is 1. The standard InChI is InChI=1S/C11H9NO3/c12-11(15)9-8(13)5-6-3-1-2-4-7(6)10(9)14/h1-5,9,13H,(H2,12,15). The van der Waals surface area contributed by atoms with Crippen LogP contribution < -0.4 is 5.73 Å². The van der Waals surface area contributed by atoms with E-state index in [9.17, 15) is 14.7 Å². The van der Waals surface area contributed by atoms with Gasteiger partial charge in [0, 0.05) is 5.56 Å². The Morgan fingerprint density at radius 2 is 2.00 bits per heavy atom. The summed E-state index contributed by atoms with van der Waals surface area (Å²) in [7, 11) is 0. The smallest absolute Gasteiger partial charge is 0.236 e. The van der Waals surface area contributed by atoms with Crippen LogP contribution in [0.5, 0.6) is 0 Å². The van der Waals surface area contributed by atoms with Gasteiger partial charge in [-0.25, -0.2) is 0 Å². The van der Waals surface area contributed by atoms with Crippen LogP contribution in [0.3, 0.4) is 0 Å². The van der Waals surface area contributed by atoms with Crippen LogP contribution in [0.15, 0.2) is 30.0 Å². The van der Waals surface area contributed by atoms with Gasteiger partial charge in [-0.2, -0.15) is 0 Å². The Hall–Kier alpha value is -2.10. The van der Waals surface area contributed by atoms with E-state index in [-0.39, 0.29) is 5.76 Å². The maximum Gasteiger partial charge on any atom is 0.236 e. The Bertz CT molecular complexity index is 476. The monoisotopic (exact) mass is 203 g/mol. The lowest BCUT2D eigenvalue weighted by Gasteiger charge is -2.18. The van der Waals surface area contributed by atoms with E-state index < -0.39 is 17.6 Å². The minimum absolute atomic E-state index is 0.286. The molecule has 4 nitrogen and oxygen atoms in total. The average Bonchev–Trinajstić information content (AvgIpc) is 2.17. The molecule has 0 aromatic heterocycles. The van der Waals surface area contributed by atoms with Crippen LogP contribution in [0.4, 0.5) is 0 Å². The maximum atomic E-state index is 11.8. The summed E-state index contributed by atoms with van der Waals surface area (Å²) in [6.07, 6.45) is 1.40. The van der Waals surface area contributed by atoms with Crippen molar-refractivity contribution in [3.8, 4) is 0 Å². The number of aliphatic hydroxyl groups excluding tert-OH is 1. The molecule has 0 radical (unpaired) electrons. The van der Waals surface area contributed by atoms with Gasteiger partial charge < -0.3 is 10.8 Å². The highest BCUT2D eigenvalue weighted by atomic mass is 16.3. The van der Waals surface area contributed by atoms with Crippen LogP contribution in [0.2, 0.25) is 0 Å². The third-order valence-corrected chi connectivity index (χ3v) is 2.37. The quantitative estimate of drug-likeness (QED) is 0.665. The van der Waals surface area contributed by atoms with Gasteiger partial charge in [-0.05, 0) is 11.6 Å². The van der Waals surface area contributed by atoms with Crippen molar-refractivity contribution in [3.05, 3.63) is 41.2 Å². The molecular formula is C11H9NO3. The van der Waals surface area contributed by atoms with Crippen LogP contribution in [0.1, 0.15) is 15.9 Å². The fraction of sp³-hybridized carbons (Fsp3) is 0.0909. The molecule has 4 heteroatoms. The summed E-state index contributed by atoms with van der Waals surface area (Å²) in [4.78, 5) is 22.8. The van der Waals surface area contributed by atoms with Crippen molar-refractivity contribution in [1.82, 2.24) is 0 Å². The number of carbonyl (C=O) groups is 2. The Labute approximate surface area is 86.0 Å². The highest BCUT2D eigenvalue weighted by molar-refractivity contribution is 6.15. The maximum absolute atomic E-state index is 11.8. The molecule has 76 valence electrons. The highest BCUT2D eigenvalue weighted by Crippen LogP contribution is 2.26. The summed E-state index contributed by atoms with van der Waals surface area (Å²) >= 11 is 0. The van der Waals surface area contributed by atoms with Gasteiger partial charge in [-0.3, -0.25) is 9.59 Å². The van der Waals surface area contributed by atoms with E-state index in [1.54, 1.807) is 24.3 Å². The predicted molar refractivity (Wildman–Crippen MR) is 54.1 cm³/mol. The van der Waals surface area contributed by atoms with Crippen LogP contribution >= 0.6 is 0 Å². The van der Waals surface area contributed by atoms with Gasteiger partial charge in [-0.15, -0.1) is 0 Å².